The lowest BCUT2D eigenvalue weighted by Gasteiger charge is -2.23. The van der Waals surface area contributed by atoms with Crippen LogP contribution in [0, 0.1) is 5.82 Å². The van der Waals surface area contributed by atoms with E-state index in [1.807, 2.05) is 0 Å². The van der Waals surface area contributed by atoms with Crippen LogP contribution in [0.15, 0.2) is 72.8 Å². The summed E-state index contributed by atoms with van der Waals surface area (Å²) in [7, 11) is -3.63. The summed E-state index contributed by atoms with van der Waals surface area (Å²) >= 11 is 0. The molecular formula is C26H26FN3O4S. The highest BCUT2D eigenvalue weighted by molar-refractivity contribution is 7.92. The number of halogens is 1. The first kappa shape index (κ1) is 24.4. The second-order valence-electron chi connectivity index (χ2n) is 8.44. The van der Waals surface area contributed by atoms with E-state index in [4.69, 9.17) is 0 Å². The highest BCUT2D eigenvalue weighted by atomic mass is 32.2. The first-order valence-electron chi connectivity index (χ1n) is 11.2. The Morgan fingerprint density at radius 2 is 1.57 bits per heavy atom. The van der Waals surface area contributed by atoms with Gasteiger partial charge in [0.2, 0.25) is 10.0 Å². The summed E-state index contributed by atoms with van der Waals surface area (Å²) in [6, 6.07) is 18.6. The predicted octanol–water partition coefficient (Wildman–Crippen LogP) is 4.28. The van der Waals surface area contributed by atoms with Crippen molar-refractivity contribution in [3.05, 3.63) is 95.3 Å². The number of rotatable bonds is 7. The Bertz CT molecular complexity index is 1320. The number of benzene rings is 3. The van der Waals surface area contributed by atoms with Gasteiger partial charge >= 0.3 is 0 Å². The van der Waals surface area contributed by atoms with Crippen molar-refractivity contribution < 1.29 is 22.4 Å². The van der Waals surface area contributed by atoms with Gasteiger partial charge in [-0.3, -0.25) is 13.9 Å². The van der Waals surface area contributed by atoms with E-state index < -0.39 is 21.7 Å². The molecule has 0 unspecified atom stereocenters. The molecule has 3 aromatic carbocycles. The molecule has 1 heterocycles. The van der Waals surface area contributed by atoms with Gasteiger partial charge in [-0.15, -0.1) is 0 Å². The van der Waals surface area contributed by atoms with Crippen LogP contribution in [0.25, 0.3) is 0 Å². The molecule has 2 amide bonds. The Morgan fingerprint density at radius 3 is 2.20 bits per heavy atom. The molecule has 0 aromatic heterocycles. The lowest BCUT2D eigenvalue weighted by molar-refractivity contribution is 0.0794. The minimum Gasteiger partial charge on any atom is -0.339 e. The molecule has 0 saturated carbocycles. The summed E-state index contributed by atoms with van der Waals surface area (Å²) < 4.78 is 39.2. The number of carbonyl (C=O) groups excluding carboxylic acids is 2. The fourth-order valence-corrected chi connectivity index (χ4v) is 4.89. The zero-order valence-electron chi connectivity index (χ0n) is 19.3. The van der Waals surface area contributed by atoms with Gasteiger partial charge in [0.25, 0.3) is 11.8 Å². The highest BCUT2D eigenvalue weighted by Gasteiger charge is 2.23. The molecule has 1 saturated heterocycles. The normalized spacial score (nSPS) is 13.5. The first-order chi connectivity index (χ1) is 16.7. The van der Waals surface area contributed by atoms with E-state index >= 15 is 0 Å². The number of hydrogen-bond donors (Lipinski definition) is 1. The van der Waals surface area contributed by atoms with Gasteiger partial charge in [0.15, 0.2) is 0 Å². The van der Waals surface area contributed by atoms with Gasteiger partial charge in [-0.1, -0.05) is 24.3 Å². The highest BCUT2D eigenvalue weighted by Crippen LogP contribution is 2.24. The van der Waals surface area contributed by atoms with Crippen LogP contribution in [0.1, 0.15) is 39.1 Å². The number of amides is 2. The lowest BCUT2D eigenvalue weighted by Crippen LogP contribution is -2.29. The maximum atomic E-state index is 13.2. The minimum atomic E-state index is -3.63. The van der Waals surface area contributed by atoms with Crippen LogP contribution in [0.4, 0.5) is 15.8 Å². The summed E-state index contributed by atoms with van der Waals surface area (Å²) in [4.78, 5) is 27.5. The van der Waals surface area contributed by atoms with Gasteiger partial charge in [-0.2, -0.15) is 0 Å². The summed E-state index contributed by atoms with van der Waals surface area (Å²) in [6.45, 7) is 1.44. The van der Waals surface area contributed by atoms with Crippen LogP contribution in [-0.4, -0.2) is 44.5 Å². The number of sulfonamides is 1. The summed E-state index contributed by atoms with van der Waals surface area (Å²) in [5, 5.41) is 2.80. The molecule has 182 valence electrons. The molecule has 4 rings (SSSR count). The van der Waals surface area contributed by atoms with E-state index in [9.17, 15) is 22.4 Å². The van der Waals surface area contributed by atoms with Crippen molar-refractivity contribution in [2.24, 2.45) is 0 Å². The molecular weight excluding hydrogens is 469 g/mol. The molecule has 35 heavy (non-hydrogen) atoms. The Morgan fingerprint density at radius 1 is 0.943 bits per heavy atom. The quantitative estimate of drug-likeness (QED) is 0.530. The second kappa shape index (κ2) is 10.3. The van der Waals surface area contributed by atoms with Crippen molar-refractivity contribution in [1.82, 2.24) is 4.90 Å². The molecule has 0 radical (unpaired) electrons. The van der Waals surface area contributed by atoms with E-state index in [-0.39, 0.29) is 12.5 Å². The minimum absolute atomic E-state index is 0.0244. The van der Waals surface area contributed by atoms with E-state index in [0.29, 0.717) is 41.2 Å². The van der Waals surface area contributed by atoms with E-state index in [1.54, 1.807) is 41.3 Å². The number of nitrogens with one attached hydrogen (secondary N) is 1. The Labute approximate surface area is 204 Å². The van der Waals surface area contributed by atoms with Crippen LogP contribution >= 0.6 is 0 Å². The van der Waals surface area contributed by atoms with Crippen molar-refractivity contribution in [3.8, 4) is 0 Å². The van der Waals surface area contributed by atoms with Gasteiger partial charge in [0.1, 0.15) is 5.82 Å². The zero-order valence-corrected chi connectivity index (χ0v) is 20.1. The topological polar surface area (TPSA) is 86.8 Å². The number of hydrogen-bond acceptors (Lipinski definition) is 4. The smallest absolute Gasteiger partial charge is 0.255 e. The molecule has 9 heteroatoms. The molecule has 1 aliphatic rings. The summed E-state index contributed by atoms with van der Waals surface area (Å²) in [6.07, 6.45) is 3.03. The molecule has 1 N–H and O–H groups in total. The van der Waals surface area contributed by atoms with Gasteiger partial charge in [-0.25, -0.2) is 12.8 Å². The lowest BCUT2D eigenvalue weighted by atomic mass is 10.1. The van der Waals surface area contributed by atoms with Gasteiger partial charge < -0.3 is 10.2 Å². The molecule has 0 spiro atoms. The van der Waals surface area contributed by atoms with Crippen LogP contribution in [0.5, 0.6) is 0 Å². The monoisotopic (exact) mass is 495 g/mol. The Balaban J connectivity index is 1.52. The van der Waals surface area contributed by atoms with E-state index in [2.05, 4.69) is 5.32 Å². The summed E-state index contributed by atoms with van der Waals surface area (Å²) in [5.74, 6) is -0.931. The van der Waals surface area contributed by atoms with Crippen LogP contribution in [0.2, 0.25) is 0 Å². The predicted molar refractivity (Wildman–Crippen MR) is 133 cm³/mol. The molecule has 1 aliphatic heterocycles. The number of para-hydroxylation sites is 1. The third-order valence-electron chi connectivity index (χ3n) is 5.86. The zero-order chi connectivity index (χ0) is 25.0. The Hall–Kier alpha value is -3.72. The van der Waals surface area contributed by atoms with Gasteiger partial charge in [0, 0.05) is 18.7 Å². The molecule has 7 nitrogen and oxygen atoms in total. The van der Waals surface area contributed by atoms with Crippen molar-refractivity contribution in [1.29, 1.82) is 0 Å². The standard InChI is InChI=1S/C26H26FN3O4S/c1-35(33,34)30(18-19-8-12-21(27)13-9-19)22-14-10-20(11-15-22)25(31)28-24-7-3-2-6-23(24)26(32)29-16-4-5-17-29/h2-3,6-15H,4-5,16-18H2,1H3,(H,28,31). The number of carbonyl (C=O) groups is 2. The van der Waals surface area contributed by atoms with Crippen molar-refractivity contribution in [2.75, 3.05) is 29.0 Å². The van der Waals surface area contributed by atoms with E-state index in [1.165, 1.54) is 40.7 Å². The maximum absolute atomic E-state index is 13.2. The average molecular weight is 496 g/mol. The summed E-state index contributed by atoms with van der Waals surface area (Å²) in [5.41, 5.74) is 2.16. The third kappa shape index (κ3) is 5.86. The fraction of sp³-hybridized carbons (Fsp3) is 0.231. The van der Waals surface area contributed by atoms with Crippen molar-refractivity contribution in [3.63, 3.8) is 0 Å². The van der Waals surface area contributed by atoms with Gasteiger partial charge in [-0.05, 0) is 66.9 Å². The third-order valence-corrected chi connectivity index (χ3v) is 7.00. The largest absolute Gasteiger partial charge is 0.339 e. The molecule has 3 aromatic rings. The second-order valence-corrected chi connectivity index (χ2v) is 10.3. The molecule has 1 fully saturated rings. The number of nitrogens with zero attached hydrogens (tertiary/aromatic N) is 2. The fourth-order valence-electron chi connectivity index (χ4n) is 4.00. The van der Waals surface area contributed by atoms with Gasteiger partial charge in [0.05, 0.1) is 29.7 Å². The van der Waals surface area contributed by atoms with Crippen molar-refractivity contribution in [2.45, 2.75) is 19.4 Å². The number of likely N-dealkylation sites (tertiary alicyclic amines) is 1. The molecule has 0 aliphatic carbocycles. The first-order valence-corrected chi connectivity index (χ1v) is 13.1. The van der Waals surface area contributed by atoms with Crippen molar-refractivity contribution >= 4 is 33.2 Å². The van der Waals surface area contributed by atoms with Crippen LogP contribution in [0.3, 0.4) is 0 Å². The SMILES string of the molecule is CS(=O)(=O)N(Cc1ccc(F)cc1)c1ccc(C(=O)Nc2ccccc2C(=O)N2CCCC2)cc1. The maximum Gasteiger partial charge on any atom is 0.255 e. The van der Waals surface area contributed by atoms with E-state index in [0.717, 1.165) is 19.1 Å². The molecule has 0 atom stereocenters. The molecule has 0 bridgehead atoms. The average Bonchev–Trinajstić information content (AvgIpc) is 3.38. The Kier molecular flexibility index (Phi) is 7.16. The number of anilines is 2. The van der Waals surface area contributed by atoms with Crippen LogP contribution < -0.4 is 9.62 Å². The van der Waals surface area contributed by atoms with Crippen LogP contribution in [-0.2, 0) is 16.6 Å².